The van der Waals surface area contributed by atoms with Gasteiger partial charge in [0.05, 0.1) is 16.7 Å². The van der Waals surface area contributed by atoms with Crippen molar-refractivity contribution in [1.82, 2.24) is 4.31 Å². The van der Waals surface area contributed by atoms with Crippen molar-refractivity contribution >= 4 is 33.2 Å². The van der Waals surface area contributed by atoms with Crippen molar-refractivity contribution in [1.29, 1.82) is 0 Å². The molecule has 1 fully saturated rings. The van der Waals surface area contributed by atoms with E-state index in [-0.39, 0.29) is 29.1 Å². The van der Waals surface area contributed by atoms with Gasteiger partial charge >= 0.3 is 0 Å². The monoisotopic (exact) mass is 355 g/mol. The maximum atomic E-state index is 13.8. The molecule has 0 aromatic heterocycles. The van der Waals surface area contributed by atoms with Crippen molar-refractivity contribution in [2.75, 3.05) is 13.2 Å². The lowest BCUT2D eigenvalue weighted by Crippen LogP contribution is -2.40. The number of benzene rings is 1. The molecule has 0 radical (unpaired) electrons. The lowest BCUT2D eigenvalue weighted by Gasteiger charge is -2.27. The molecule has 0 aliphatic heterocycles. The first-order valence-electron chi connectivity index (χ1n) is 6.65. The molecule has 8 heteroatoms. The van der Waals surface area contributed by atoms with Gasteiger partial charge < -0.3 is 5.11 Å². The van der Waals surface area contributed by atoms with Crippen LogP contribution in [0.15, 0.2) is 17.0 Å². The molecular formula is C13H16Cl2FNO3S. The fourth-order valence-electron chi connectivity index (χ4n) is 2.62. The Morgan fingerprint density at radius 2 is 1.90 bits per heavy atom. The summed E-state index contributed by atoms with van der Waals surface area (Å²) in [5, 5.41) is 8.40. The van der Waals surface area contributed by atoms with E-state index in [0.29, 0.717) is 0 Å². The van der Waals surface area contributed by atoms with E-state index in [4.69, 9.17) is 28.3 Å². The number of aliphatic hydroxyl groups is 1. The van der Waals surface area contributed by atoms with Gasteiger partial charge in [-0.2, -0.15) is 4.31 Å². The van der Waals surface area contributed by atoms with E-state index in [1.807, 2.05) is 0 Å². The summed E-state index contributed by atoms with van der Waals surface area (Å²) in [6.07, 6.45) is 3.33. The molecule has 2 rings (SSSR count). The van der Waals surface area contributed by atoms with E-state index in [1.165, 1.54) is 16.4 Å². The van der Waals surface area contributed by atoms with Crippen LogP contribution in [-0.4, -0.2) is 37.0 Å². The topological polar surface area (TPSA) is 57.6 Å². The van der Waals surface area contributed by atoms with Gasteiger partial charge in [0, 0.05) is 12.6 Å². The predicted octanol–water partition coefficient (Wildman–Crippen LogP) is 3.06. The summed E-state index contributed by atoms with van der Waals surface area (Å²) >= 11 is 11.4. The van der Waals surface area contributed by atoms with Crippen LogP contribution in [0.1, 0.15) is 25.7 Å². The predicted molar refractivity (Wildman–Crippen MR) is 79.7 cm³/mol. The minimum atomic E-state index is -3.97. The van der Waals surface area contributed by atoms with Crippen molar-refractivity contribution < 1.29 is 17.9 Å². The van der Waals surface area contributed by atoms with Crippen molar-refractivity contribution in [3.63, 3.8) is 0 Å². The summed E-state index contributed by atoms with van der Waals surface area (Å²) in [6.45, 7) is -0.336. The Kier molecular flexibility index (Phi) is 5.48. The number of hydrogen-bond acceptors (Lipinski definition) is 3. The van der Waals surface area contributed by atoms with Gasteiger partial charge in [-0.25, -0.2) is 12.8 Å². The molecule has 1 aromatic carbocycles. The molecule has 1 saturated carbocycles. The Balaban J connectivity index is 2.45. The van der Waals surface area contributed by atoms with E-state index < -0.39 is 20.9 Å². The number of nitrogens with zero attached hydrogens (tertiary/aromatic N) is 1. The largest absolute Gasteiger partial charge is 0.395 e. The van der Waals surface area contributed by atoms with Crippen molar-refractivity contribution in [3.8, 4) is 0 Å². The van der Waals surface area contributed by atoms with E-state index in [2.05, 4.69) is 0 Å². The van der Waals surface area contributed by atoms with Crippen LogP contribution in [-0.2, 0) is 10.0 Å². The van der Waals surface area contributed by atoms with Crippen LogP contribution in [0.25, 0.3) is 0 Å². The number of aliphatic hydroxyl groups excluding tert-OH is 1. The molecule has 0 atom stereocenters. The zero-order chi connectivity index (χ0) is 15.6. The van der Waals surface area contributed by atoms with Crippen LogP contribution in [0.3, 0.4) is 0 Å². The Bertz CT molecular complexity index is 618. The van der Waals surface area contributed by atoms with E-state index in [0.717, 1.165) is 25.7 Å². The highest BCUT2D eigenvalue weighted by molar-refractivity contribution is 7.89. The van der Waals surface area contributed by atoms with E-state index >= 15 is 0 Å². The minimum Gasteiger partial charge on any atom is -0.395 e. The third-order valence-corrected chi connectivity index (χ3v) is 6.41. The standard InChI is InChI=1S/C13H16Cl2FNO3S/c14-10-5-6-11(12(15)13(10)16)21(19,20)17(7-8-18)9-3-1-2-4-9/h5-6,9,18H,1-4,7-8H2. The fourth-order valence-corrected chi connectivity index (χ4v) is 5.02. The van der Waals surface area contributed by atoms with E-state index in [9.17, 15) is 12.8 Å². The second-order valence-corrected chi connectivity index (χ2v) is 7.60. The van der Waals surface area contributed by atoms with Gasteiger partial charge in [0.1, 0.15) is 4.90 Å². The quantitative estimate of drug-likeness (QED) is 0.825. The molecule has 0 heterocycles. The summed E-state index contributed by atoms with van der Waals surface area (Å²) in [7, 11) is -3.97. The average Bonchev–Trinajstić information content (AvgIpc) is 2.95. The van der Waals surface area contributed by atoms with Crippen LogP contribution < -0.4 is 0 Å². The summed E-state index contributed by atoms with van der Waals surface area (Å²) < 4.78 is 40.4. The minimum absolute atomic E-state index is 0.0342. The molecule has 0 saturated heterocycles. The molecule has 0 bridgehead atoms. The van der Waals surface area contributed by atoms with Crippen LogP contribution >= 0.6 is 23.2 Å². The van der Waals surface area contributed by atoms with Gasteiger partial charge in [-0.1, -0.05) is 36.0 Å². The summed E-state index contributed by atoms with van der Waals surface area (Å²) in [5.74, 6) is -0.949. The summed E-state index contributed by atoms with van der Waals surface area (Å²) in [5.41, 5.74) is 0. The maximum Gasteiger partial charge on any atom is 0.244 e. The molecule has 1 aliphatic carbocycles. The van der Waals surface area contributed by atoms with Crippen LogP contribution in [0.4, 0.5) is 4.39 Å². The first-order valence-corrected chi connectivity index (χ1v) is 8.85. The Labute approximate surface area is 133 Å². The van der Waals surface area contributed by atoms with Gasteiger partial charge in [-0.05, 0) is 25.0 Å². The summed E-state index contributed by atoms with van der Waals surface area (Å²) in [6, 6.07) is 2.18. The SMILES string of the molecule is O=S(=O)(c1ccc(Cl)c(F)c1Cl)N(CCO)C1CCCC1. The Morgan fingerprint density at radius 1 is 1.29 bits per heavy atom. The third kappa shape index (κ3) is 3.35. The normalized spacial score (nSPS) is 16.8. The maximum absolute atomic E-state index is 13.8. The highest BCUT2D eigenvalue weighted by atomic mass is 35.5. The van der Waals surface area contributed by atoms with Crippen LogP contribution in [0.2, 0.25) is 10.0 Å². The average molecular weight is 356 g/mol. The highest BCUT2D eigenvalue weighted by Crippen LogP contribution is 2.34. The molecule has 1 aromatic rings. The first kappa shape index (κ1) is 17.0. The zero-order valence-corrected chi connectivity index (χ0v) is 13.6. The molecule has 0 spiro atoms. The highest BCUT2D eigenvalue weighted by Gasteiger charge is 2.34. The van der Waals surface area contributed by atoms with Gasteiger partial charge in [0.25, 0.3) is 0 Å². The molecular weight excluding hydrogens is 340 g/mol. The van der Waals surface area contributed by atoms with Crippen molar-refractivity contribution in [2.24, 2.45) is 0 Å². The second kappa shape index (κ2) is 6.79. The van der Waals surface area contributed by atoms with Crippen molar-refractivity contribution in [3.05, 3.63) is 28.0 Å². The van der Waals surface area contributed by atoms with Crippen LogP contribution in [0.5, 0.6) is 0 Å². The molecule has 1 N–H and O–H groups in total. The first-order chi connectivity index (χ1) is 9.89. The number of sulfonamides is 1. The third-order valence-electron chi connectivity index (χ3n) is 3.64. The zero-order valence-electron chi connectivity index (χ0n) is 11.2. The van der Waals surface area contributed by atoms with Gasteiger partial charge in [0.2, 0.25) is 10.0 Å². The Hall–Kier alpha value is -0.400. The second-order valence-electron chi connectivity index (χ2n) is 4.95. The number of rotatable bonds is 5. The lowest BCUT2D eigenvalue weighted by molar-refractivity contribution is 0.226. The molecule has 21 heavy (non-hydrogen) atoms. The molecule has 0 unspecified atom stereocenters. The fraction of sp³-hybridized carbons (Fsp3) is 0.538. The molecule has 4 nitrogen and oxygen atoms in total. The lowest BCUT2D eigenvalue weighted by atomic mass is 10.2. The Morgan fingerprint density at radius 3 is 2.48 bits per heavy atom. The van der Waals surface area contributed by atoms with E-state index in [1.54, 1.807) is 0 Å². The van der Waals surface area contributed by atoms with Crippen molar-refractivity contribution in [2.45, 2.75) is 36.6 Å². The molecule has 0 amide bonds. The van der Waals surface area contributed by atoms with Gasteiger partial charge in [-0.15, -0.1) is 0 Å². The number of hydrogen-bond donors (Lipinski definition) is 1. The number of halogens is 3. The van der Waals surface area contributed by atoms with Gasteiger partial charge in [-0.3, -0.25) is 0 Å². The molecule has 1 aliphatic rings. The van der Waals surface area contributed by atoms with Gasteiger partial charge in [0.15, 0.2) is 5.82 Å². The smallest absolute Gasteiger partial charge is 0.244 e. The molecule has 118 valence electrons. The van der Waals surface area contributed by atoms with Crippen LogP contribution in [0, 0.1) is 5.82 Å². The summed E-state index contributed by atoms with van der Waals surface area (Å²) in [4.78, 5) is -0.314.